The summed E-state index contributed by atoms with van der Waals surface area (Å²) in [7, 11) is 0. The Morgan fingerprint density at radius 3 is 2.60 bits per heavy atom. The largest absolute Gasteiger partial charge is 0.494 e. The van der Waals surface area contributed by atoms with Crippen LogP contribution in [0.1, 0.15) is 39.5 Å². The second-order valence-electron chi connectivity index (χ2n) is 7.63. The molecule has 2 aliphatic heterocycles. The van der Waals surface area contributed by atoms with Gasteiger partial charge < -0.3 is 19.9 Å². The lowest BCUT2D eigenvalue weighted by Crippen LogP contribution is -2.43. The average molecular weight is 346 g/mol. The van der Waals surface area contributed by atoms with E-state index in [1.807, 2.05) is 0 Å². The summed E-state index contributed by atoms with van der Waals surface area (Å²) in [5.74, 6) is 1.90. The topological polar surface area (TPSA) is 27.7 Å². The SMILES string of the molecule is CCC1CCC(C)N(CCCOc2ccc(N3CCNCC3)cc2)C1. The van der Waals surface area contributed by atoms with Crippen LogP contribution in [0.5, 0.6) is 5.75 Å². The summed E-state index contributed by atoms with van der Waals surface area (Å²) in [5.41, 5.74) is 1.31. The highest BCUT2D eigenvalue weighted by Crippen LogP contribution is 2.24. The molecule has 140 valence electrons. The lowest BCUT2D eigenvalue weighted by molar-refractivity contribution is 0.108. The Morgan fingerprint density at radius 1 is 1.12 bits per heavy atom. The van der Waals surface area contributed by atoms with Crippen LogP contribution in [0.3, 0.4) is 0 Å². The molecule has 0 radical (unpaired) electrons. The Balaban J connectivity index is 1.38. The van der Waals surface area contributed by atoms with Crippen LogP contribution in [0.2, 0.25) is 0 Å². The van der Waals surface area contributed by atoms with E-state index in [1.54, 1.807) is 0 Å². The summed E-state index contributed by atoms with van der Waals surface area (Å²) >= 11 is 0. The van der Waals surface area contributed by atoms with Crippen LogP contribution < -0.4 is 15.0 Å². The number of likely N-dealkylation sites (tertiary alicyclic amines) is 1. The van der Waals surface area contributed by atoms with Gasteiger partial charge in [-0.15, -0.1) is 0 Å². The molecular formula is C21H35N3O. The number of hydrogen-bond donors (Lipinski definition) is 1. The van der Waals surface area contributed by atoms with Gasteiger partial charge in [-0.2, -0.15) is 0 Å². The van der Waals surface area contributed by atoms with Crippen molar-refractivity contribution in [3.8, 4) is 5.75 Å². The zero-order valence-electron chi connectivity index (χ0n) is 16.0. The summed E-state index contributed by atoms with van der Waals surface area (Å²) in [6.45, 7) is 12.3. The normalized spacial score (nSPS) is 25.1. The number of rotatable bonds is 7. The monoisotopic (exact) mass is 345 g/mol. The van der Waals surface area contributed by atoms with E-state index in [0.29, 0.717) is 0 Å². The number of piperazine rings is 1. The Bertz CT molecular complexity index is 498. The third kappa shape index (κ3) is 5.35. The second-order valence-corrected chi connectivity index (χ2v) is 7.63. The van der Waals surface area contributed by atoms with Crippen molar-refractivity contribution in [2.24, 2.45) is 5.92 Å². The molecule has 4 nitrogen and oxygen atoms in total. The van der Waals surface area contributed by atoms with Crippen LogP contribution in [0.4, 0.5) is 5.69 Å². The molecule has 2 aliphatic rings. The van der Waals surface area contributed by atoms with E-state index in [-0.39, 0.29) is 0 Å². The van der Waals surface area contributed by atoms with Gasteiger partial charge in [0.1, 0.15) is 5.75 Å². The minimum atomic E-state index is 0.737. The first-order valence-corrected chi connectivity index (χ1v) is 10.2. The molecule has 2 atom stereocenters. The lowest BCUT2D eigenvalue weighted by Gasteiger charge is -2.37. The molecule has 2 heterocycles. The van der Waals surface area contributed by atoms with E-state index in [1.165, 1.54) is 31.5 Å². The Hall–Kier alpha value is -1.26. The summed E-state index contributed by atoms with van der Waals surface area (Å²) in [4.78, 5) is 5.09. The third-order valence-electron chi connectivity index (χ3n) is 5.86. The quantitative estimate of drug-likeness (QED) is 0.767. The van der Waals surface area contributed by atoms with Crippen LogP contribution in [-0.2, 0) is 0 Å². The first-order chi connectivity index (χ1) is 12.3. The van der Waals surface area contributed by atoms with Crippen molar-refractivity contribution in [1.82, 2.24) is 10.2 Å². The van der Waals surface area contributed by atoms with Crippen molar-refractivity contribution in [2.45, 2.75) is 45.6 Å². The molecule has 0 bridgehead atoms. The van der Waals surface area contributed by atoms with Gasteiger partial charge in [0.2, 0.25) is 0 Å². The molecule has 0 aromatic heterocycles. The highest BCUT2D eigenvalue weighted by atomic mass is 16.5. The van der Waals surface area contributed by atoms with Crippen molar-refractivity contribution < 1.29 is 4.74 Å². The maximum absolute atomic E-state index is 5.97. The summed E-state index contributed by atoms with van der Waals surface area (Å²) in [6, 6.07) is 9.36. The molecule has 0 amide bonds. The van der Waals surface area contributed by atoms with E-state index < -0.39 is 0 Å². The highest BCUT2D eigenvalue weighted by molar-refractivity contribution is 5.49. The number of benzene rings is 1. The Kier molecular flexibility index (Phi) is 7.00. The molecule has 25 heavy (non-hydrogen) atoms. The fraction of sp³-hybridized carbons (Fsp3) is 0.714. The van der Waals surface area contributed by atoms with Gasteiger partial charge in [-0.25, -0.2) is 0 Å². The van der Waals surface area contributed by atoms with Crippen LogP contribution in [0, 0.1) is 5.92 Å². The number of nitrogens with zero attached hydrogens (tertiary/aromatic N) is 2. The molecule has 0 spiro atoms. The van der Waals surface area contributed by atoms with Crippen LogP contribution in [0.25, 0.3) is 0 Å². The van der Waals surface area contributed by atoms with Gasteiger partial charge in [0.15, 0.2) is 0 Å². The fourth-order valence-corrected chi connectivity index (χ4v) is 4.04. The second kappa shape index (κ2) is 9.44. The molecule has 2 fully saturated rings. The molecule has 2 saturated heterocycles. The van der Waals surface area contributed by atoms with Crippen molar-refractivity contribution in [3.63, 3.8) is 0 Å². The van der Waals surface area contributed by atoms with Gasteiger partial charge in [0.25, 0.3) is 0 Å². The van der Waals surface area contributed by atoms with Crippen molar-refractivity contribution in [1.29, 1.82) is 0 Å². The molecule has 1 aromatic carbocycles. The molecule has 4 heteroatoms. The first kappa shape index (κ1) is 18.5. The molecule has 0 aliphatic carbocycles. The molecule has 1 aromatic rings. The van der Waals surface area contributed by atoms with Gasteiger partial charge in [0, 0.05) is 51.0 Å². The smallest absolute Gasteiger partial charge is 0.119 e. The predicted octanol–water partition coefficient (Wildman–Crippen LogP) is 3.38. The number of nitrogens with one attached hydrogen (secondary N) is 1. The predicted molar refractivity (Wildman–Crippen MR) is 106 cm³/mol. The molecule has 3 rings (SSSR count). The van der Waals surface area contributed by atoms with E-state index in [9.17, 15) is 0 Å². The number of ether oxygens (including phenoxy) is 1. The summed E-state index contributed by atoms with van der Waals surface area (Å²) in [5, 5.41) is 3.40. The lowest BCUT2D eigenvalue weighted by atomic mass is 9.91. The molecule has 1 N–H and O–H groups in total. The van der Waals surface area contributed by atoms with Gasteiger partial charge in [-0.3, -0.25) is 0 Å². The third-order valence-corrected chi connectivity index (χ3v) is 5.86. The zero-order valence-corrected chi connectivity index (χ0v) is 16.0. The Morgan fingerprint density at radius 2 is 1.88 bits per heavy atom. The average Bonchev–Trinajstić information content (AvgIpc) is 2.67. The maximum atomic E-state index is 5.97. The molecular weight excluding hydrogens is 310 g/mol. The minimum Gasteiger partial charge on any atom is -0.494 e. The van der Waals surface area contributed by atoms with E-state index in [2.05, 4.69) is 53.2 Å². The van der Waals surface area contributed by atoms with E-state index >= 15 is 0 Å². The molecule has 2 unspecified atom stereocenters. The van der Waals surface area contributed by atoms with Crippen LogP contribution in [0.15, 0.2) is 24.3 Å². The maximum Gasteiger partial charge on any atom is 0.119 e. The van der Waals surface area contributed by atoms with E-state index in [0.717, 1.165) is 63.5 Å². The van der Waals surface area contributed by atoms with Gasteiger partial charge >= 0.3 is 0 Å². The Labute approximate surface area is 153 Å². The van der Waals surface area contributed by atoms with Crippen molar-refractivity contribution in [3.05, 3.63) is 24.3 Å². The van der Waals surface area contributed by atoms with Crippen LogP contribution >= 0.6 is 0 Å². The minimum absolute atomic E-state index is 0.737. The summed E-state index contributed by atoms with van der Waals surface area (Å²) < 4.78 is 5.97. The van der Waals surface area contributed by atoms with Crippen molar-refractivity contribution >= 4 is 5.69 Å². The highest BCUT2D eigenvalue weighted by Gasteiger charge is 2.23. The van der Waals surface area contributed by atoms with Crippen LogP contribution in [-0.4, -0.2) is 56.8 Å². The van der Waals surface area contributed by atoms with E-state index in [4.69, 9.17) is 4.74 Å². The van der Waals surface area contributed by atoms with Crippen molar-refractivity contribution in [2.75, 3.05) is 50.8 Å². The summed E-state index contributed by atoms with van der Waals surface area (Å²) in [6.07, 6.45) is 5.19. The zero-order chi connectivity index (χ0) is 17.5. The van der Waals surface area contributed by atoms with Gasteiger partial charge in [-0.1, -0.05) is 13.3 Å². The van der Waals surface area contributed by atoms with Gasteiger partial charge in [0.05, 0.1) is 6.61 Å². The number of hydrogen-bond acceptors (Lipinski definition) is 4. The first-order valence-electron chi connectivity index (χ1n) is 10.2. The molecule has 0 saturated carbocycles. The number of anilines is 1. The fourth-order valence-electron chi connectivity index (χ4n) is 4.04. The van der Waals surface area contributed by atoms with Gasteiger partial charge in [-0.05, 0) is 56.4 Å². The standard InChI is InChI=1S/C21H35N3O/c1-3-19-6-5-18(2)24(17-19)13-4-16-25-21-9-7-20(8-10-21)23-14-11-22-12-15-23/h7-10,18-19,22H,3-6,11-17H2,1-2H3. The number of piperidine rings is 1.